The van der Waals surface area contributed by atoms with Crippen LogP contribution in [0.5, 0.6) is 0 Å². The molecule has 10 aromatic carbocycles. The maximum Gasteiger partial charge on any atom is 0.235 e. The summed E-state index contributed by atoms with van der Waals surface area (Å²) in [6.45, 7) is 0. The Morgan fingerprint density at radius 3 is 1.33 bits per heavy atom. The van der Waals surface area contributed by atoms with Crippen LogP contribution in [-0.2, 0) is 0 Å². The minimum absolute atomic E-state index is 0.654. The van der Waals surface area contributed by atoms with Gasteiger partial charge in [-0.15, -0.1) is 0 Å². The number of hydrogen-bond acceptors (Lipinski definition) is 2. The molecule has 60 heavy (non-hydrogen) atoms. The van der Waals surface area contributed by atoms with E-state index in [4.69, 9.17) is 9.97 Å². The smallest absolute Gasteiger partial charge is 0.235 e. The SMILES string of the molecule is c1ccc(-n2c3ccccc3c3cc(-c4ccc5c(c4)c4ccccc4n5-c4nc(-c5ccc6c7ccccc7c7ccccc7c6c5)c5ccccc5n4)ccc32)cc1. The molecule has 0 saturated carbocycles. The van der Waals surface area contributed by atoms with Gasteiger partial charge in [0.15, 0.2) is 0 Å². The molecule has 0 aliphatic rings. The molecule has 0 unspecified atom stereocenters. The lowest BCUT2D eigenvalue weighted by Crippen LogP contribution is -2.03. The summed E-state index contributed by atoms with van der Waals surface area (Å²) < 4.78 is 4.61. The van der Waals surface area contributed by atoms with Crippen LogP contribution in [-0.4, -0.2) is 19.1 Å². The molecule has 0 saturated heterocycles. The molecule has 3 heterocycles. The molecule has 4 nitrogen and oxygen atoms in total. The molecule has 0 amide bonds. The van der Waals surface area contributed by atoms with Crippen LogP contribution in [0.15, 0.2) is 206 Å². The molecule has 0 atom stereocenters. The molecule has 278 valence electrons. The molecule has 0 fully saturated rings. The van der Waals surface area contributed by atoms with E-state index in [-0.39, 0.29) is 0 Å². The molecular weight excluding hydrogens is 729 g/mol. The topological polar surface area (TPSA) is 35.6 Å². The van der Waals surface area contributed by atoms with Gasteiger partial charge in [-0.1, -0.05) is 146 Å². The first kappa shape index (κ1) is 32.9. The van der Waals surface area contributed by atoms with Gasteiger partial charge in [0.25, 0.3) is 0 Å². The summed E-state index contributed by atoms with van der Waals surface area (Å²) in [4.78, 5) is 10.8. The van der Waals surface area contributed by atoms with E-state index in [2.05, 4.69) is 215 Å². The Hall–Kier alpha value is -8.08. The monoisotopic (exact) mass is 762 g/mol. The summed E-state index contributed by atoms with van der Waals surface area (Å²) in [6, 6.07) is 74.4. The van der Waals surface area contributed by atoms with E-state index in [1.54, 1.807) is 0 Å². The Labute approximate surface area is 344 Å². The Bertz CT molecular complexity index is 3860. The van der Waals surface area contributed by atoms with Crippen LogP contribution in [0.4, 0.5) is 0 Å². The van der Waals surface area contributed by atoms with Crippen molar-refractivity contribution >= 4 is 86.8 Å². The highest BCUT2D eigenvalue weighted by atomic mass is 15.2. The third-order valence-corrected chi connectivity index (χ3v) is 12.5. The number of benzene rings is 10. The molecule has 0 radical (unpaired) electrons. The normalized spacial score (nSPS) is 12.0. The maximum atomic E-state index is 5.48. The molecule has 13 aromatic rings. The number of hydrogen-bond donors (Lipinski definition) is 0. The standard InChI is InChI=1S/C56H34N4/c1-2-14-38(15-3-1)59-51-24-12-9-20-44(51)48-32-35(27-30-53(48)59)36-28-31-54-49(33-36)45-21-10-13-25-52(45)60(54)56-57-50-23-11-8-22-46(50)55(58-56)37-26-29-43-41-18-5-4-16-39(41)40-17-6-7-19-42(40)47(43)34-37/h1-34H. The molecular formula is C56H34N4. The van der Waals surface area contributed by atoms with Crippen LogP contribution in [0.2, 0.25) is 0 Å². The minimum Gasteiger partial charge on any atom is -0.309 e. The molecule has 4 heteroatoms. The lowest BCUT2D eigenvalue weighted by Gasteiger charge is -2.14. The van der Waals surface area contributed by atoms with Crippen molar-refractivity contribution in [3.63, 3.8) is 0 Å². The highest BCUT2D eigenvalue weighted by molar-refractivity contribution is 6.26. The molecule has 0 spiro atoms. The second-order valence-corrected chi connectivity index (χ2v) is 15.7. The summed E-state index contributed by atoms with van der Waals surface area (Å²) in [7, 11) is 0. The molecule has 0 aliphatic heterocycles. The highest BCUT2D eigenvalue weighted by Gasteiger charge is 2.20. The van der Waals surface area contributed by atoms with Crippen molar-refractivity contribution < 1.29 is 0 Å². The van der Waals surface area contributed by atoms with Gasteiger partial charge in [0.2, 0.25) is 5.95 Å². The lowest BCUT2D eigenvalue weighted by atomic mass is 9.92. The quantitative estimate of drug-likeness (QED) is 0.167. The number of fused-ring (bicyclic) bond motifs is 13. The molecule has 3 aromatic heterocycles. The van der Waals surface area contributed by atoms with Gasteiger partial charge in [0.05, 0.1) is 33.3 Å². The van der Waals surface area contributed by atoms with Gasteiger partial charge in [-0.2, -0.15) is 0 Å². The van der Waals surface area contributed by atoms with Crippen molar-refractivity contribution in [1.82, 2.24) is 19.1 Å². The predicted molar refractivity (Wildman–Crippen MR) is 252 cm³/mol. The van der Waals surface area contributed by atoms with Crippen LogP contribution in [0.25, 0.3) is 121 Å². The fraction of sp³-hybridized carbons (Fsp3) is 0. The highest BCUT2D eigenvalue weighted by Crippen LogP contribution is 2.41. The van der Waals surface area contributed by atoms with Gasteiger partial charge >= 0.3 is 0 Å². The first-order valence-electron chi connectivity index (χ1n) is 20.5. The van der Waals surface area contributed by atoms with Gasteiger partial charge in [-0.25, -0.2) is 9.97 Å². The van der Waals surface area contributed by atoms with Crippen molar-refractivity contribution in [2.24, 2.45) is 0 Å². The van der Waals surface area contributed by atoms with Gasteiger partial charge in [-0.3, -0.25) is 4.57 Å². The van der Waals surface area contributed by atoms with Crippen LogP contribution in [0.3, 0.4) is 0 Å². The minimum atomic E-state index is 0.654. The summed E-state index contributed by atoms with van der Waals surface area (Å²) in [6.07, 6.45) is 0. The Kier molecular flexibility index (Phi) is 6.98. The van der Waals surface area contributed by atoms with E-state index in [0.29, 0.717) is 5.95 Å². The zero-order chi connectivity index (χ0) is 39.3. The molecule has 0 bridgehead atoms. The van der Waals surface area contributed by atoms with Crippen molar-refractivity contribution in [1.29, 1.82) is 0 Å². The lowest BCUT2D eigenvalue weighted by molar-refractivity contribution is 1.01. The van der Waals surface area contributed by atoms with E-state index >= 15 is 0 Å². The summed E-state index contributed by atoms with van der Waals surface area (Å²) >= 11 is 0. The summed E-state index contributed by atoms with van der Waals surface area (Å²) in [5.41, 5.74) is 10.9. The summed E-state index contributed by atoms with van der Waals surface area (Å²) in [5, 5.41) is 13.3. The molecule has 0 aliphatic carbocycles. The van der Waals surface area contributed by atoms with E-state index < -0.39 is 0 Å². The zero-order valence-corrected chi connectivity index (χ0v) is 32.4. The van der Waals surface area contributed by atoms with Crippen LogP contribution >= 0.6 is 0 Å². The fourth-order valence-corrected chi connectivity index (χ4v) is 9.81. The van der Waals surface area contributed by atoms with Crippen LogP contribution in [0, 0.1) is 0 Å². The third-order valence-electron chi connectivity index (χ3n) is 12.5. The van der Waals surface area contributed by atoms with Crippen molar-refractivity contribution in [3.8, 4) is 34.0 Å². The van der Waals surface area contributed by atoms with E-state index in [1.807, 2.05) is 0 Å². The first-order chi connectivity index (χ1) is 29.8. The average molecular weight is 763 g/mol. The van der Waals surface area contributed by atoms with E-state index in [0.717, 1.165) is 44.3 Å². The van der Waals surface area contributed by atoms with E-state index in [9.17, 15) is 0 Å². The molecule has 13 rings (SSSR count). The first-order valence-corrected chi connectivity index (χ1v) is 20.5. The van der Waals surface area contributed by atoms with Gasteiger partial charge in [0.1, 0.15) is 0 Å². The molecule has 0 N–H and O–H groups in total. The maximum absolute atomic E-state index is 5.48. The van der Waals surface area contributed by atoms with E-state index in [1.165, 1.54) is 70.6 Å². The van der Waals surface area contributed by atoms with Gasteiger partial charge in [0, 0.05) is 38.2 Å². The number of aromatic nitrogens is 4. The largest absolute Gasteiger partial charge is 0.309 e. The van der Waals surface area contributed by atoms with Crippen LogP contribution < -0.4 is 0 Å². The predicted octanol–water partition coefficient (Wildman–Crippen LogP) is 14.6. The number of nitrogens with zero attached hydrogens (tertiary/aromatic N) is 4. The van der Waals surface area contributed by atoms with Crippen molar-refractivity contribution in [2.75, 3.05) is 0 Å². The van der Waals surface area contributed by atoms with Crippen LogP contribution in [0.1, 0.15) is 0 Å². The van der Waals surface area contributed by atoms with Gasteiger partial charge in [-0.05, 0) is 104 Å². The number of para-hydroxylation sites is 4. The average Bonchev–Trinajstić information content (AvgIpc) is 3.83. The fourth-order valence-electron chi connectivity index (χ4n) is 9.81. The second kappa shape index (κ2) is 12.7. The third kappa shape index (κ3) is 4.79. The Morgan fingerprint density at radius 2 is 0.700 bits per heavy atom. The summed E-state index contributed by atoms with van der Waals surface area (Å²) in [5.74, 6) is 0.654. The zero-order valence-electron chi connectivity index (χ0n) is 32.4. The second-order valence-electron chi connectivity index (χ2n) is 15.7. The Morgan fingerprint density at radius 1 is 0.267 bits per heavy atom. The van der Waals surface area contributed by atoms with Gasteiger partial charge < -0.3 is 4.57 Å². The Balaban J connectivity index is 1.00. The van der Waals surface area contributed by atoms with Crippen molar-refractivity contribution in [2.45, 2.75) is 0 Å². The van der Waals surface area contributed by atoms with Crippen molar-refractivity contribution in [3.05, 3.63) is 206 Å². The number of rotatable bonds is 4.